The molecule has 0 saturated heterocycles. The minimum atomic E-state index is 0.738. The van der Waals surface area contributed by atoms with Crippen LogP contribution in [0.4, 0.5) is 0 Å². The first-order chi connectivity index (χ1) is 9.32. The number of rotatable bonds is 10. The van der Waals surface area contributed by atoms with Gasteiger partial charge < -0.3 is 0 Å². The standard InChI is InChI=1S/C18H36BI/c1-8-9-10-11-12-13-18(20)19(16(6)14(2)3)17(7)15(4)5/h13-17H,8-12H2,1-7H3/b18-13-. The Bertz CT molecular complexity index is 257. The van der Waals surface area contributed by atoms with Crippen LogP contribution >= 0.6 is 22.6 Å². The summed E-state index contributed by atoms with van der Waals surface area (Å²) in [7, 11) is 0. The Labute approximate surface area is 142 Å². The second-order valence-corrected chi connectivity index (χ2v) is 8.42. The quantitative estimate of drug-likeness (QED) is 0.207. The van der Waals surface area contributed by atoms with Gasteiger partial charge in [-0.1, -0.05) is 120 Å². The predicted molar refractivity (Wildman–Crippen MR) is 105 cm³/mol. The molecule has 0 aromatic carbocycles. The first kappa shape index (κ1) is 20.5. The summed E-state index contributed by atoms with van der Waals surface area (Å²) in [6, 6.07) is 0. The Kier molecular flexibility index (Phi) is 11.4. The van der Waals surface area contributed by atoms with Gasteiger partial charge in [0, 0.05) is 0 Å². The van der Waals surface area contributed by atoms with Crippen molar-refractivity contribution in [1.29, 1.82) is 0 Å². The molecule has 0 aromatic rings. The van der Waals surface area contributed by atoms with E-state index in [4.69, 9.17) is 0 Å². The highest BCUT2D eigenvalue weighted by Crippen LogP contribution is 2.38. The fraction of sp³-hybridized carbons (Fsp3) is 0.889. The molecular weight excluding hydrogens is 354 g/mol. The van der Waals surface area contributed by atoms with Crippen molar-refractivity contribution in [2.45, 2.75) is 92.2 Å². The van der Waals surface area contributed by atoms with Crippen molar-refractivity contribution in [3.63, 3.8) is 0 Å². The Morgan fingerprint density at radius 2 is 1.40 bits per heavy atom. The van der Waals surface area contributed by atoms with Crippen LogP contribution in [0, 0.1) is 11.8 Å². The van der Waals surface area contributed by atoms with Crippen molar-refractivity contribution in [3.8, 4) is 0 Å². The molecular formula is C18H36BI. The average molecular weight is 390 g/mol. The molecule has 0 bridgehead atoms. The topological polar surface area (TPSA) is 0 Å². The van der Waals surface area contributed by atoms with E-state index < -0.39 is 0 Å². The monoisotopic (exact) mass is 390 g/mol. The van der Waals surface area contributed by atoms with E-state index >= 15 is 0 Å². The van der Waals surface area contributed by atoms with Crippen molar-refractivity contribution in [2.75, 3.05) is 0 Å². The van der Waals surface area contributed by atoms with E-state index in [0.29, 0.717) is 0 Å². The molecule has 2 unspecified atom stereocenters. The van der Waals surface area contributed by atoms with E-state index in [-0.39, 0.29) is 0 Å². The first-order valence-electron chi connectivity index (χ1n) is 8.68. The van der Waals surface area contributed by atoms with Gasteiger partial charge in [-0.25, -0.2) is 0 Å². The van der Waals surface area contributed by atoms with Gasteiger partial charge in [-0.2, -0.15) is 0 Å². The van der Waals surface area contributed by atoms with Crippen molar-refractivity contribution in [1.82, 2.24) is 0 Å². The molecule has 0 amide bonds. The lowest BCUT2D eigenvalue weighted by Gasteiger charge is -2.31. The normalized spacial score (nSPS) is 15.8. The molecule has 2 heteroatoms. The van der Waals surface area contributed by atoms with E-state index in [9.17, 15) is 0 Å². The maximum absolute atomic E-state index is 2.62. The van der Waals surface area contributed by atoms with Gasteiger partial charge in [0.15, 0.2) is 6.71 Å². The zero-order valence-electron chi connectivity index (χ0n) is 14.9. The van der Waals surface area contributed by atoms with E-state index in [1.807, 2.05) is 0 Å². The second-order valence-electron chi connectivity index (χ2n) is 7.17. The average Bonchev–Trinajstić information content (AvgIpc) is 2.38. The summed E-state index contributed by atoms with van der Waals surface area (Å²) in [4.78, 5) is 0. The summed E-state index contributed by atoms with van der Waals surface area (Å²) in [6.45, 7) is 17.4. The molecule has 0 aromatic heterocycles. The molecule has 0 aliphatic carbocycles. The number of allylic oxidation sites excluding steroid dienone is 1. The largest absolute Gasteiger partial charge is 0.189 e. The summed E-state index contributed by atoms with van der Waals surface area (Å²) >= 11 is 2.62. The van der Waals surface area contributed by atoms with Crippen molar-refractivity contribution in [3.05, 3.63) is 9.56 Å². The molecule has 0 radical (unpaired) electrons. The highest BCUT2D eigenvalue weighted by molar-refractivity contribution is 14.1. The lowest BCUT2D eigenvalue weighted by Crippen LogP contribution is -2.30. The van der Waals surface area contributed by atoms with Crippen LogP contribution in [0.2, 0.25) is 11.6 Å². The van der Waals surface area contributed by atoms with Crippen LogP contribution in [0.1, 0.15) is 80.6 Å². The third-order valence-corrected chi connectivity index (χ3v) is 6.11. The van der Waals surface area contributed by atoms with Gasteiger partial charge in [-0.3, -0.25) is 0 Å². The van der Waals surface area contributed by atoms with Gasteiger partial charge in [0.05, 0.1) is 0 Å². The maximum Gasteiger partial charge on any atom is 0.189 e. The smallest absolute Gasteiger partial charge is 0.0842 e. The number of hydrogen-bond donors (Lipinski definition) is 0. The molecule has 2 atom stereocenters. The number of unbranched alkanes of at least 4 members (excludes halogenated alkanes) is 4. The van der Waals surface area contributed by atoms with E-state index in [0.717, 1.165) is 30.2 Å². The highest BCUT2D eigenvalue weighted by Gasteiger charge is 2.33. The molecule has 20 heavy (non-hydrogen) atoms. The van der Waals surface area contributed by atoms with Crippen molar-refractivity contribution in [2.24, 2.45) is 11.8 Å². The Morgan fingerprint density at radius 1 is 0.900 bits per heavy atom. The molecule has 0 aliphatic rings. The summed E-state index contributed by atoms with van der Waals surface area (Å²) < 4.78 is 1.61. The van der Waals surface area contributed by atoms with Crippen molar-refractivity contribution >= 4 is 29.3 Å². The summed E-state index contributed by atoms with van der Waals surface area (Å²) in [5.74, 6) is 3.07. The number of hydrogen-bond acceptors (Lipinski definition) is 0. The fourth-order valence-corrected chi connectivity index (χ4v) is 4.20. The molecule has 0 spiro atoms. The molecule has 0 nitrogen and oxygen atoms in total. The predicted octanol–water partition coefficient (Wildman–Crippen LogP) is 7.40. The number of halogens is 1. The van der Waals surface area contributed by atoms with E-state index in [1.54, 1.807) is 3.48 Å². The molecule has 0 N–H and O–H groups in total. The minimum Gasteiger partial charge on any atom is -0.0842 e. The lowest BCUT2D eigenvalue weighted by molar-refractivity contribution is 0.566. The summed E-state index contributed by atoms with van der Waals surface area (Å²) in [5.41, 5.74) is 0. The fourth-order valence-electron chi connectivity index (χ4n) is 2.76. The third-order valence-electron chi connectivity index (χ3n) is 4.95. The van der Waals surface area contributed by atoms with Gasteiger partial charge in [0.25, 0.3) is 0 Å². The highest BCUT2D eigenvalue weighted by atomic mass is 127. The summed E-state index contributed by atoms with van der Waals surface area (Å²) in [5, 5.41) is 0. The van der Waals surface area contributed by atoms with Gasteiger partial charge in [0.1, 0.15) is 0 Å². The van der Waals surface area contributed by atoms with Gasteiger partial charge in [-0.05, 0) is 16.3 Å². The van der Waals surface area contributed by atoms with E-state index in [2.05, 4.69) is 77.1 Å². The van der Waals surface area contributed by atoms with Crippen LogP contribution in [0.3, 0.4) is 0 Å². The Hall–Kier alpha value is 0.535. The Morgan fingerprint density at radius 3 is 1.80 bits per heavy atom. The van der Waals surface area contributed by atoms with E-state index in [1.165, 1.54) is 32.1 Å². The molecule has 0 heterocycles. The molecule has 0 rings (SSSR count). The zero-order valence-corrected chi connectivity index (χ0v) is 17.0. The SMILES string of the molecule is CCCCCC/C=C(\I)B(C(C)C(C)C)C(C)C(C)C. The van der Waals surface area contributed by atoms with Gasteiger partial charge in [0.2, 0.25) is 0 Å². The van der Waals surface area contributed by atoms with Crippen LogP contribution in [0.5, 0.6) is 0 Å². The molecule has 118 valence electrons. The maximum atomic E-state index is 2.62. The van der Waals surface area contributed by atoms with Crippen LogP contribution in [-0.2, 0) is 0 Å². The minimum absolute atomic E-state index is 0.738. The molecule has 0 fully saturated rings. The second kappa shape index (κ2) is 11.1. The zero-order chi connectivity index (χ0) is 15.7. The van der Waals surface area contributed by atoms with Crippen molar-refractivity contribution < 1.29 is 0 Å². The van der Waals surface area contributed by atoms with Crippen LogP contribution in [-0.4, -0.2) is 6.71 Å². The first-order valence-corrected chi connectivity index (χ1v) is 9.76. The van der Waals surface area contributed by atoms with Gasteiger partial charge >= 0.3 is 0 Å². The molecule has 0 saturated carbocycles. The Balaban J connectivity index is 4.71. The third kappa shape index (κ3) is 7.52. The van der Waals surface area contributed by atoms with Crippen LogP contribution in [0.25, 0.3) is 0 Å². The lowest BCUT2D eigenvalue weighted by atomic mass is 9.31. The van der Waals surface area contributed by atoms with Crippen LogP contribution < -0.4 is 0 Å². The van der Waals surface area contributed by atoms with Gasteiger partial charge in [-0.15, -0.1) is 0 Å². The summed E-state index contributed by atoms with van der Waals surface area (Å²) in [6.07, 6.45) is 9.26. The van der Waals surface area contributed by atoms with Crippen LogP contribution in [0.15, 0.2) is 9.56 Å². The molecule has 0 aliphatic heterocycles.